The number of aromatic nitrogens is 4. The zero-order valence-electron chi connectivity index (χ0n) is 28.7. The maximum Gasteiger partial charge on any atom is 0.0972 e. The zero-order chi connectivity index (χ0) is 34.6. The van der Waals surface area contributed by atoms with E-state index in [2.05, 4.69) is 151 Å². The Labute approximate surface area is 302 Å². The minimum Gasteiger partial charge on any atom is -0.254 e. The number of fused-ring (bicyclic) bond motifs is 6. The van der Waals surface area contributed by atoms with E-state index >= 15 is 0 Å². The molecule has 2 atom stereocenters. The quantitative estimate of drug-likeness (QED) is 0.172. The number of nitrogens with zero attached hydrogens (tertiary/aromatic N) is 4. The van der Waals surface area contributed by atoms with Gasteiger partial charge in [-0.3, -0.25) is 9.97 Å². The molecule has 5 aromatic carbocycles. The van der Waals surface area contributed by atoms with E-state index in [0.717, 1.165) is 72.7 Å². The number of allylic oxidation sites excluding steroid dienone is 1. The van der Waals surface area contributed by atoms with Crippen LogP contribution in [0.25, 0.3) is 83.3 Å². The minimum atomic E-state index is 0.308. The summed E-state index contributed by atoms with van der Waals surface area (Å²) in [5.41, 5.74) is 13.1. The van der Waals surface area contributed by atoms with Gasteiger partial charge in [-0.2, -0.15) is 0 Å². The molecule has 0 saturated heterocycles. The number of benzene rings is 5. The lowest BCUT2D eigenvalue weighted by Crippen LogP contribution is -2.13. The Morgan fingerprint density at radius 2 is 1.23 bits per heavy atom. The number of pyridine rings is 4. The van der Waals surface area contributed by atoms with Crippen LogP contribution in [0.5, 0.6) is 0 Å². The van der Waals surface area contributed by atoms with Gasteiger partial charge in [0, 0.05) is 45.4 Å². The summed E-state index contributed by atoms with van der Waals surface area (Å²) < 4.78 is 0. The van der Waals surface area contributed by atoms with Gasteiger partial charge in [-0.15, -0.1) is 0 Å². The average molecular weight is 667 g/mol. The Morgan fingerprint density at radius 3 is 2.12 bits per heavy atom. The van der Waals surface area contributed by atoms with Gasteiger partial charge in [-0.25, -0.2) is 9.97 Å². The topological polar surface area (TPSA) is 51.6 Å². The molecule has 0 aliphatic heterocycles. The molecule has 4 heterocycles. The van der Waals surface area contributed by atoms with Crippen molar-refractivity contribution in [2.24, 2.45) is 0 Å². The van der Waals surface area contributed by atoms with E-state index in [0.29, 0.717) is 11.8 Å². The lowest BCUT2D eigenvalue weighted by molar-refractivity contribution is 0.594. The maximum absolute atomic E-state index is 5.07. The summed E-state index contributed by atoms with van der Waals surface area (Å²) in [7, 11) is 0. The van der Waals surface area contributed by atoms with Crippen molar-refractivity contribution in [1.82, 2.24) is 19.9 Å². The van der Waals surface area contributed by atoms with Crippen LogP contribution in [-0.4, -0.2) is 19.9 Å². The lowest BCUT2D eigenvalue weighted by Gasteiger charge is -2.30. The molecule has 1 aliphatic rings. The van der Waals surface area contributed by atoms with Crippen molar-refractivity contribution < 1.29 is 0 Å². The first kappa shape index (κ1) is 30.3. The molecule has 0 amide bonds. The molecule has 0 saturated carbocycles. The van der Waals surface area contributed by atoms with Gasteiger partial charge >= 0.3 is 0 Å². The summed E-state index contributed by atoms with van der Waals surface area (Å²) in [5, 5.41) is 5.63. The molecule has 0 radical (unpaired) electrons. The summed E-state index contributed by atoms with van der Waals surface area (Å²) in [6.45, 7) is 2.30. The fourth-order valence-electron chi connectivity index (χ4n) is 8.01. The predicted octanol–water partition coefficient (Wildman–Crippen LogP) is 12.2. The van der Waals surface area contributed by atoms with Crippen LogP contribution in [0.15, 0.2) is 158 Å². The molecule has 4 aromatic heterocycles. The molecule has 10 rings (SSSR count). The monoisotopic (exact) mass is 666 g/mol. The Morgan fingerprint density at radius 1 is 0.519 bits per heavy atom. The fourth-order valence-corrected chi connectivity index (χ4v) is 8.01. The summed E-state index contributed by atoms with van der Waals surface area (Å²) >= 11 is 0. The maximum atomic E-state index is 5.07. The molecule has 0 N–H and O–H groups in total. The van der Waals surface area contributed by atoms with Gasteiger partial charge in [0.25, 0.3) is 0 Å². The summed E-state index contributed by atoms with van der Waals surface area (Å²) in [6.07, 6.45) is 9.54. The van der Waals surface area contributed by atoms with Crippen LogP contribution in [0.3, 0.4) is 0 Å². The zero-order valence-corrected chi connectivity index (χ0v) is 28.7. The Kier molecular flexibility index (Phi) is 7.21. The second-order valence-electron chi connectivity index (χ2n) is 13.8. The van der Waals surface area contributed by atoms with Crippen molar-refractivity contribution in [2.45, 2.75) is 25.2 Å². The smallest absolute Gasteiger partial charge is 0.0972 e. The summed E-state index contributed by atoms with van der Waals surface area (Å²) in [5.74, 6) is 0.702. The average Bonchev–Trinajstić information content (AvgIpc) is 3.22. The standard InChI is InChI=1S/C48H34N4/c1-2-40-41(30-9-11-31(12-10-30)43-23-20-34-15-14-33-8-5-25-49-47(33)48(34)52-43)22-18-38-26-36(17-21-42(38)40)37-16-13-32-19-24-44(51-45(32)27-37)46-28-35-6-3-4-7-39(35)29-50-46/h3-29,40-41H,2H2,1H3/t40-,41?/m1/s1. The molecule has 0 spiro atoms. The van der Waals surface area contributed by atoms with Gasteiger partial charge in [-0.1, -0.05) is 122 Å². The van der Waals surface area contributed by atoms with Gasteiger partial charge < -0.3 is 0 Å². The van der Waals surface area contributed by atoms with Crippen LogP contribution in [0.4, 0.5) is 0 Å². The van der Waals surface area contributed by atoms with Crippen LogP contribution in [0.2, 0.25) is 0 Å². The summed E-state index contributed by atoms with van der Waals surface area (Å²) in [4.78, 5) is 19.5. The van der Waals surface area contributed by atoms with E-state index in [1.165, 1.54) is 27.6 Å². The third-order valence-electron chi connectivity index (χ3n) is 10.8. The Bertz CT molecular complexity index is 2850. The van der Waals surface area contributed by atoms with Crippen molar-refractivity contribution in [3.63, 3.8) is 0 Å². The highest BCUT2D eigenvalue weighted by atomic mass is 14.8. The first-order chi connectivity index (χ1) is 25.7. The molecule has 4 nitrogen and oxygen atoms in total. The largest absolute Gasteiger partial charge is 0.254 e. The van der Waals surface area contributed by atoms with Gasteiger partial charge in [0.1, 0.15) is 0 Å². The highest BCUT2D eigenvalue weighted by Crippen LogP contribution is 2.44. The highest BCUT2D eigenvalue weighted by molar-refractivity contribution is 6.03. The molecule has 246 valence electrons. The van der Waals surface area contributed by atoms with Gasteiger partial charge in [0.2, 0.25) is 0 Å². The van der Waals surface area contributed by atoms with E-state index in [1.54, 1.807) is 0 Å². The van der Waals surface area contributed by atoms with E-state index in [4.69, 9.17) is 15.0 Å². The fraction of sp³-hybridized carbons (Fsp3) is 0.0833. The minimum absolute atomic E-state index is 0.308. The van der Waals surface area contributed by atoms with Crippen molar-refractivity contribution in [2.75, 3.05) is 0 Å². The molecule has 1 unspecified atom stereocenters. The van der Waals surface area contributed by atoms with Crippen LogP contribution in [0, 0.1) is 0 Å². The highest BCUT2D eigenvalue weighted by Gasteiger charge is 2.26. The number of hydrogen-bond acceptors (Lipinski definition) is 4. The number of rotatable bonds is 5. The van der Waals surface area contributed by atoms with E-state index < -0.39 is 0 Å². The molecule has 0 fully saturated rings. The normalized spacial score (nSPS) is 15.4. The van der Waals surface area contributed by atoms with Crippen molar-refractivity contribution >= 4 is 49.6 Å². The molecule has 0 bridgehead atoms. The molecule has 52 heavy (non-hydrogen) atoms. The van der Waals surface area contributed by atoms with Gasteiger partial charge in [0.15, 0.2) is 0 Å². The SMILES string of the molecule is CC[C@H]1c2ccc(-c3ccc4ccc(-c5cc6ccccc6cn5)nc4c3)cc2C=CC1c1ccc(-c2ccc3ccc4cccnc4c3n2)cc1. The van der Waals surface area contributed by atoms with Crippen LogP contribution in [-0.2, 0) is 0 Å². The van der Waals surface area contributed by atoms with Gasteiger partial charge in [-0.05, 0) is 81.9 Å². The van der Waals surface area contributed by atoms with Crippen molar-refractivity contribution in [3.05, 3.63) is 175 Å². The van der Waals surface area contributed by atoms with Crippen molar-refractivity contribution in [3.8, 4) is 33.8 Å². The Balaban J connectivity index is 0.931. The molecule has 1 aliphatic carbocycles. The lowest BCUT2D eigenvalue weighted by atomic mass is 9.74. The van der Waals surface area contributed by atoms with Crippen LogP contribution < -0.4 is 0 Å². The van der Waals surface area contributed by atoms with Crippen LogP contribution in [0.1, 0.15) is 41.9 Å². The third kappa shape index (κ3) is 5.23. The molecule has 4 heteroatoms. The molecule has 9 aromatic rings. The second-order valence-corrected chi connectivity index (χ2v) is 13.8. The van der Waals surface area contributed by atoms with Crippen molar-refractivity contribution in [1.29, 1.82) is 0 Å². The Hall–Kier alpha value is -6.52. The van der Waals surface area contributed by atoms with E-state index in [-0.39, 0.29) is 0 Å². The number of hydrogen-bond donors (Lipinski definition) is 0. The first-order valence-corrected chi connectivity index (χ1v) is 18.0. The predicted molar refractivity (Wildman–Crippen MR) is 215 cm³/mol. The second kappa shape index (κ2) is 12.4. The third-order valence-corrected chi connectivity index (χ3v) is 10.8. The van der Waals surface area contributed by atoms with E-state index in [9.17, 15) is 0 Å². The van der Waals surface area contributed by atoms with E-state index in [1.807, 2.05) is 24.5 Å². The molecular weight excluding hydrogens is 633 g/mol. The summed E-state index contributed by atoms with van der Waals surface area (Å²) in [6, 6.07) is 49.8. The molecular formula is C48H34N4. The van der Waals surface area contributed by atoms with Crippen LogP contribution >= 0.6 is 0 Å². The van der Waals surface area contributed by atoms with Gasteiger partial charge in [0.05, 0.1) is 33.6 Å². The first-order valence-electron chi connectivity index (χ1n) is 18.0.